The van der Waals surface area contributed by atoms with Crippen molar-refractivity contribution in [2.45, 2.75) is 89.1 Å². The number of aromatic nitrogens is 3. The number of amides is 1. The maximum absolute atomic E-state index is 14.3. The van der Waals surface area contributed by atoms with Crippen LogP contribution in [0.15, 0.2) is 35.4 Å². The van der Waals surface area contributed by atoms with Crippen LogP contribution in [0.5, 0.6) is 0 Å². The quantitative estimate of drug-likeness (QED) is 0.217. The molecule has 3 N–H and O–H groups in total. The Morgan fingerprint density at radius 2 is 1.77 bits per heavy atom. The van der Waals surface area contributed by atoms with Crippen LogP contribution in [0.2, 0.25) is 0 Å². The summed E-state index contributed by atoms with van der Waals surface area (Å²) in [6.07, 6.45) is 6.34. The summed E-state index contributed by atoms with van der Waals surface area (Å²) in [7, 11) is 0. The molecule has 1 saturated heterocycles. The highest BCUT2D eigenvalue weighted by Gasteiger charge is 2.59. The summed E-state index contributed by atoms with van der Waals surface area (Å²) in [6, 6.07) is 3.78. The summed E-state index contributed by atoms with van der Waals surface area (Å²) >= 11 is 0. The Labute approximate surface area is 230 Å². The molecule has 1 aliphatic heterocycles. The van der Waals surface area contributed by atoms with E-state index in [2.05, 4.69) is 22.2 Å². The molecule has 2 aromatic rings. The topological polar surface area (TPSA) is 153 Å². The van der Waals surface area contributed by atoms with Crippen molar-refractivity contribution in [2.24, 2.45) is 0 Å². The molecular formula is C27H36F2N4O7. The number of carbonyl (C=O) groups excluding carboxylic acids is 2. The Morgan fingerprint density at radius 3 is 2.35 bits per heavy atom. The van der Waals surface area contributed by atoms with E-state index in [1.54, 1.807) is 0 Å². The Balaban J connectivity index is 1.46. The molecule has 0 aromatic carbocycles. The van der Waals surface area contributed by atoms with E-state index in [1.807, 2.05) is 0 Å². The maximum atomic E-state index is 14.3. The van der Waals surface area contributed by atoms with E-state index >= 15 is 0 Å². The smallest absolute Gasteiger partial charge is 0.356 e. The highest BCUT2D eigenvalue weighted by atomic mass is 19.3. The number of aliphatic hydroxyl groups excluding tert-OH is 2. The number of ether oxygens (including phenoxy) is 2. The third-order valence-electron chi connectivity index (χ3n) is 6.60. The first-order valence-electron chi connectivity index (χ1n) is 13.5. The number of halogens is 2. The van der Waals surface area contributed by atoms with E-state index in [0.29, 0.717) is 4.57 Å². The normalized spacial score (nSPS) is 19.9. The Hall–Kier alpha value is -3.29. The third kappa shape index (κ3) is 8.12. The summed E-state index contributed by atoms with van der Waals surface area (Å²) in [6.45, 7) is 1.61. The SMILES string of the molecule is CCCCCCCCCCCOC(=O)c1ccc(C(=O)Nc2ccn([C@@H]3O[C@H](CO)[C@@H](O)C3(F)F)c(=O)n2)cn1. The van der Waals surface area contributed by atoms with Gasteiger partial charge < -0.3 is 25.0 Å². The van der Waals surface area contributed by atoms with Gasteiger partial charge in [0, 0.05) is 12.4 Å². The van der Waals surface area contributed by atoms with E-state index < -0.39 is 48.5 Å². The van der Waals surface area contributed by atoms with Crippen molar-refractivity contribution in [3.8, 4) is 0 Å². The first-order valence-corrected chi connectivity index (χ1v) is 13.5. The first kappa shape index (κ1) is 31.2. The average Bonchev–Trinajstić information content (AvgIpc) is 3.17. The van der Waals surface area contributed by atoms with Crippen LogP contribution in [0.1, 0.15) is 91.8 Å². The second kappa shape index (κ2) is 14.9. The minimum Gasteiger partial charge on any atom is -0.461 e. The van der Waals surface area contributed by atoms with Crippen molar-refractivity contribution in [3.05, 3.63) is 52.3 Å². The highest BCUT2D eigenvalue weighted by molar-refractivity contribution is 6.03. The molecular weight excluding hydrogens is 530 g/mol. The number of nitrogens with one attached hydrogen (secondary N) is 1. The summed E-state index contributed by atoms with van der Waals surface area (Å²) in [5, 5.41) is 21.1. The van der Waals surface area contributed by atoms with Crippen LogP contribution < -0.4 is 11.0 Å². The van der Waals surface area contributed by atoms with Gasteiger partial charge in [0.25, 0.3) is 5.91 Å². The minimum absolute atomic E-state index is 0.0362. The molecule has 3 heterocycles. The van der Waals surface area contributed by atoms with Crippen molar-refractivity contribution < 1.29 is 38.1 Å². The molecule has 13 heteroatoms. The number of pyridine rings is 1. The molecule has 0 saturated carbocycles. The van der Waals surface area contributed by atoms with Crippen molar-refractivity contribution in [1.82, 2.24) is 14.5 Å². The van der Waals surface area contributed by atoms with Crippen LogP contribution in [0.4, 0.5) is 14.6 Å². The number of anilines is 1. The number of nitrogens with zero attached hydrogens (tertiary/aromatic N) is 3. The van der Waals surface area contributed by atoms with Gasteiger partial charge in [-0.05, 0) is 24.6 Å². The number of carbonyl (C=O) groups is 2. The first-order chi connectivity index (χ1) is 19.2. The number of unbranched alkanes of at least 4 members (excludes halogenated alkanes) is 8. The van der Waals surface area contributed by atoms with Crippen molar-refractivity contribution in [1.29, 1.82) is 0 Å². The van der Waals surface area contributed by atoms with Crippen LogP contribution in [0.3, 0.4) is 0 Å². The van der Waals surface area contributed by atoms with Crippen molar-refractivity contribution in [2.75, 3.05) is 18.5 Å². The molecule has 11 nitrogen and oxygen atoms in total. The van der Waals surface area contributed by atoms with Crippen LogP contribution in [-0.2, 0) is 9.47 Å². The van der Waals surface area contributed by atoms with E-state index in [0.717, 1.165) is 37.7 Å². The molecule has 1 amide bonds. The zero-order chi connectivity index (χ0) is 29.1. The molecule has 1 fully saturated rings. The fourth-order valence-electron chi connectivity index (χ4n) is 4.27. The summed E-state index contributed by atoms with van der Waals surface area (Å²) in [5.74, 6) is -5.39. The molecule has 0 aliphatic carbocycles. The number of hydrogen-bond donors (Lipinski definition) is 3. The molecule has 2 aromatic heterocycles. The van der Waals surface area contributed by atoms with E-state index in [1.165, 1.54) is 50.7 Å². The number of alkyl halides is 2. The van der Waals surface area contributed by atoms with Gasteiger partial charge in [0.2, 0.25) is 6.23 Å². The average molecular weight is 567 g/mol. The Bertz CT molecular complexity index is 1180. The summed E-state index contributed by atoms with van der Waals surface area (Å²) in [5.41, 5.74) is -1.08. The van der Waals surface area contributed by atoms with Gasteiger partial charge >= 0.3 is 17.6 Å². The molecule has 0 bridgehead atoms. The third-order valence-corrected chi connectivity index (χ3v) is 6.60. The predicted octanol–water partition coefficient (Wildman–Crippen LogP) is 3.46. The molecule has 1 aliphatic rings. The summed E-state index contributed by atoms with van der Waals surface area (Å²) in [4.78, 5) is 44.6. The van der Waals surface area contributed by atoms with E-state index in [-0.39, 0.29) is 23.7 Å². The van der Waals surface area contributed by atoms with Gasteiger partial charge in [-0.2, -0.15) is 13.8 Å². The van der Waals surface area contributed by atoms with Crippen LogP contribution in [-0.4, -0.2) is 68.0 Å². The molecule has 220 valence electrons. The number of aliphatic hydroxyl groups is 2. The van der Waals surface area contributed by atoms with Gasteiger partial charge in [-0.15, -0.1) is 0 Å². The van der Waals surface area contributed by atoms with Crippen molar-refractivity contribution in [3.63, 3.8) is 0 Å². The van der Waals surface area contributed by atoms with Crippen molar-refractivity contribution >= 4 is 17.7 Å². The lowest BCUT2D eigenvalue weighted by molar-refractivity contribution is -0.140. The Morgan fingerprint density at radius 1 is 1.10 bits per heavy atom. The number of esters is 1. The maximum Gasteiger partial charge on any atom is 0.356 e. The molecule has 3 rings (SSSR count). The largest absolute Gasteiger partial charge is 0.461 e. The summed E-state index contributed by atoms with van der Waals surface area (Å²) < 4.78 is 39.3. The second-order valence-electron chi connectivity index (χ2n) is 9.68. The monoisotopic (exact) mass is 566 g/mol. The molecule has 0 unspecified atom stereocenters. The van der Waals surface area contributed by atoms with Gasteiger partial charge in [0.1, 0.15) is 17.6 Å². The van der Waals surface area contributed by atoms with Crippen LogP contribution in [0.25, 0.3) is 0 Å². The van der Waals surface area contributed by atoms with Gasteiger partial charge in [0.15, 0.2) is 6.10 Å². The highest BCUT2D eigenvalue weighted by Crippen LogP contribution is 2.41. The fraction of sp³-hybridized carbons (Fsp3) is 0.593. The Kier molecular flexibility index (Phi) is 11.6. The van der Waals surface area contributed by atoms with Gasteiger partial charge in [-0.1, -0.05) is 58.3 Å². The zero-order valence-corrected chi connectivity index (χ0v) is 22.4. The second-order valence-corrected chi connectivity index (χ2v) is 9.68. The molecule has 40 heavy (non-hydrogen) atoms. The van der Waals surface area contributed by atoms with Gasteiger partial charge in [-0.3, -0.25) is 9.36 Å². The van der Waals surface area contributed by atoms with Gasteiger partial charge in [0.05, 0.1) is 18.8 Å². The molecule has 0 radical (unpaired) electrons. The van der Waals surface area contributed by atoms with Crippen LogP contribution in [0, 0.1) is 0 Å². The number of hydrogen-bond acceptors (Lipinski definition) is 9. The van der Waals surface area contributed by atoms with Gasteiger partial charge in [-0.25, -0.2) is 14.6 Å². The number of rotatable bonds is 15. The zero-order valence-electron chi connectivity index (χ0n) is 22.4. The minimum atomic E-state index is -3.86. The van der Waals surface area contributed by atoms with E-state index in [9.17, 15) is 28.3 Å². The molecule has 0 spiro atoms. The lowest BCUT2D eigenvalue weighted by atomic mass is 10.1. The van der Waals surface area contributed by atoms with E-state index in [4.69, 9.17) is 14.6 Å². The molecule has 3 atom stereocenters. The predicted molar refractivity (Wildman–Crippen MR) is 140 cm³/mol. The lowest BCUT2D eigenvalue weighted by Gasteiger charge is -2.21. The standard InChI is InChI=1S/C27H36F2N4O7/c1-2-3-4-5-6-7-8-9-10-15-39-24(37)19-12-11-18(16-30-19)23(36)31-21-13-14-33(26(38)32-21)25-27(28,29)22(35)20(17-34)40-25/h11-14,16,20,22,25,34-35H,2-10,15,17H2,1H3,(H,31,32,36,38)/t20-,22-,25-/m1/s1. The lowest BCUT2D eigenvalue weighted by Crippen LogP contribution is -2.41. The van der Waals surface area contributed by atoms with Crippen LogP contribution >= 0.6 is 0 Å². The fourth-order valence-corrected chi connectivity index (χ4v) is 4.27.